The second kappa shape index (κ2) is 8.06. The van der Waals surface area contributed by atoms with Gasteiger partial charge in [0.25, 0.3) is 5.56 Å². The zero-order valence-electron chi connectivity index (χ0n) is 17.3. The fraction of sp³-hybridized carbons (Fsp3) is 0.545. The molecule has 0 bridgehead atoms. The van der Waals surface area contributed by atoms with Crippen LogP contribution in [0, 0.1) is 5.92 Å². The molecule has 8 heteroatoms. The summed E-state index contributed by atoms with van der Waals surface area (Å²) in [6, 6.07) is 7.80. The highest BCUT2D eigenvalue weighted by Crippen LogP contribution is 2.31. The van der Waals surface area contributed by atoms with Crippen LogP contribution >= 0.6 is 11.8 Å². The van der Waals surface area contributed by atoms with Crippen LogP contribution < -0.4 is 5.56 Å². The first-order chi connectivity index (χ1) is 14.6. The summed E-state index contributed by atoms with van der Waals surface area (Å²) in [5.41, 5.74) is 0.811. The summed E-state index contributed by atoms with van der Waals surface area (Å²) >= 11 is 1.41. The summed E-state index contributed by atoms with van der Waals surface area (Å²) in [4.78, 5) is 27.9. The quantitative estimate of drug-likeness (QED) is 0.598. The first-order valence-corrected chi connectivity index (χ1v) is 11.9. The standard InChI is InChI=1S/C22H27N5O2S/c1-15-10-12-25(13-11-15)19(28)14-30-22-24-23-21-26(16-6-2-3-7-16)20(29)17-8-4-5-9-18(17)27(21)22/h4-5,8-9,15-16H,2-3,6-7,10-14H2,1H3. The van der Waals surface area contributed by atoms with Gasteiger partial charge in [-0.25, -0.2) is 0 Å². The Balaban J connectivity index is 1.50. The van der Waals surface area contributed by atoms with Crippen LogP contribution in [0.5, 0.6) is 0 Å². The molecule has 2 fully saturated rings. The molecule has 0 N–H and O–H groups in total. The second-order valence-electron chi connectivity index (χ2n) is 8.60. The Morgan fingerprint density at radius 1 is 1.10 bits per heavy atom. The Hall–Kier alpha value is -2.35. The van der Waals surface area contributed by atoms with E-state index < -0.39 is 0 Å². The number of piperidine rings is 1. The van der Waals surface area contributed by atoms with Gasteiger partial charge in [0.2, 0.25) is 11.7 Å². The minimum atomic E-state index is 0.00691. The predicted octanol–water partition coefficient (Wildman–Crippen LogP) is 3.51. The summed E-state index contributed by atoms with van der Waals surface area (Å²) in [5, 5.41) is 10.1. The van der Waals surface area contributed by atoms with Gasteiger partial charge in [0, 0.05) is 19.1 Å². The van der Waals surface area contributed by atoms with Gasteiger partial charge in [0.1, 0.15) is 0 Å². The SMILES string of the molecule is CC1CCN(C(=O)CSc2nnc3n(C4CCCC4)c(=O)c4ccccc4n23)CC1. The average molecular weight is 426 g/mol. The van der Waals surface area contributed by atoms with E-state index in [2.05, 4.69) is 17.1 Å². The summed E-state index contributed by atoms with van der Waals surface area (Å²) in [6.45, 7) is 3.92. The molecule has 7 nitrogen and oxygen atoms in total. The highest BCUT2D eigenvalue weighted by atomic mass is 32.2. The van der Waals surface area contributed by atoms with E-state index >= 15 is 0 Å². The molecule has 0 radical (unpaired) electrons. The van der Waals surface area contributed by atoms with Crippen LogP contribution in [0.4, 0.5) is 0 Å². The van der Waals surface area contributed by atoms with Gasteiger partial charge in [-0.05, 0) is 43.7 Å². The van der Waals surface area contributed by atoms with E-state index in [0.717, 1.165) is 57.1 Å². The number of rotatable bonds is 4. The zero-order valence-corrected chi connectivity index (χ0v) is 18.1. The number of amides is 1. The lowest BCUT2D eigenvalue weighted by Gasteiger charge is -2.30. The number of thioether (sulfide) groups is 1. The summed E-state index contributed by atoms with van der Waals surface area (Å²) < 4.78 is 3.80. The third-order valence-corrected chi connectivity index (χ3v) is 7.49. The first kappa shape index (κ1) is 19.6. The minimum Gasteiger partial charge on any atom is -0.342 e. The molecule has 158 valence electrons. The maximum absolute atomic E-state index is 13.3. The Morgan fingerprint density at radius 3 is 2.60 bits per heavy atom. The summed E-state index contributed by atoms with van der Waals surface area (Å²) in [6.07, 6.45) is 6.40. The van der Waals surface area contributed by atoms with Gasteiger partial charge >= 0.3 is 0 Å². The molecule has 5 rings (SSSR count). The number of hydrogen-bond donors (Lipinski definition) is 0. The van der Waals surface area contributed by atoms with Crippen molar-refractivity contribution in [1.29, 1.82) is 0 Å². The van der Waals surface area contributed by atoms with E-state index in [1.165, 1.54) is 11.8 Å². The van der Waals surface area contributed by atoms with Crippen molar-refractivity contribution >= 4 is 34.3 Å². The van der Waals surface area contributed by atoms with Crippen LogP contribution in [-0.2, 0) is 4.79 Å². The number of fused-ring (bicyclic) bond motifs is 3. The lowest BCUT2D eigenvalue weighted by molar-refractivity contribution is -0.129. The highest BCUT2D eigenvalue weighted by molar-refractivity contribution is 7.99. The van der Waals surface area contributed by atoms with Crippen molar-refractivity contribution in [2.24, 2.45) is 5.92 Å². The molecule has 30 heavy (non-hydrogen) atoms. The van der Waals surface area contributed by atoms with Crippen molar-refractivity contribution < 1.29 is 4.79 Å². The molecule has 0 spiro atoms. The topological polar surface area (TPSA) is 72.5 Å². The molecule has 2 aromatic heterocycles. The number of aromatic nitrogens is 4. The van der Waals surface area contributed by atoms with Gasteiger partial charge in [-0.2, -0.15) is 0 Å². The van der Waals surface area contributed by atoms with Crippen molar-refractivity contribution in [3.8, 4) is 0 Å². The normalized spacial score (nSPS) is 18.6. The Morgan fingerprint density at radius 2 is 1.83 bits per heavy atom. The van der Waals surface area contributed by atoms with E-state index in [4.69, 9.17) is 0 Å². The average Bonchev–Trinajstić information content (AvgIpc) is 3.43. The molecule has 2 aliphatic rings. The maximum Gasteiger partial charge on any atom is 0.263 e. The number of para-hydroxylation sites is 1. The maximum atomic E-state index is 13.3. The summed E-state index contributed by atoms with van der Waals surface area (Å²) in [5.74, 6) is 1.77. The van der Waals surface area contributed by atoms with Gasteiger partial charge < -0.3 is 4.90 Å². The molecule has 1 amide bonds. The molecule has 3 aromatic rings. The van der Waals surface area contributed by atoms with Crippen LogP contribution in [-0.4, -0.2) is 48.8 Å². The second-order valence-corrected chi connectivity index (χ2v) is 9.54. The molecule has 1 saturated heterocycles. The molecule has 1 aliphatic carbocycles. The molecule has 3 heterocycles. The van der Waals surface area contributed by atoms with Crippen molar-refractivity contribution in [1.82, 2.24) is 24.1 Å². The zero-order chi connectivity index (χ0) is 20.7. The lowest BCUT2D eigenvalue weighted by atomic mass is 9.99. The molecular formula is C22H27N5O2S. The number of benzene rings is 1. The van der Waals surface area contributed by atoms with Crippen LogP contribution in [0.2, 0.25) is 0 Å². The van der Waals surface area contributed by atoms with Crippen LogP contribution in [0.25, 0.3) is 16.7 Å². The molecule has 0 atom stereocenters. The largest absolute Gasteiger partial charge is 0.342 e. The number of carbonyl (C=O) groups is 1. The molecule has 1 saturated carbocycles. The molecular weight excluding hydrogens is 398 g/mol. The fourth-order valence-electron chi connectivity index (χ4n) is 4.76. The highest BCUT2D eigenvalue weighted by Gasteiger charge is 2.25. The van der Waals surface area contributed by atoms with E-state index in [-0.39, 0.29) is 17.5 Å². The number of nitrogens with zero attached hydrogens (tertiary/aromatic N) is 5. The van der Waals surface area contributed by atoms with Crippen molar-refractivity contribution in [2.45, 2.75) is 56.6 Å². The van der Waals surface area contributed by atoms with Gasteiger partial charge in [0.05, 0.1) is 16.7 Å². The van der Waals surface area contributed by atoms with Crippen molar-refractivity contribution in [3.05, 3.63) is 34.6 Å². The van der Waals surface area contributed by atoms with Crippen molar-refractivity contribution in [3.63, 3.8) is 0 Å². The van der Waals surface area contributed by atoms with E-state index in [0.29, 0.717) is 28.0 Å². The van der Waals surface area contributed by atoms with Crippen LogP contribution in [0.3, 0.4) is 0 Å². The lowest BCUT2D eigenvalue weighted by Crippen LogP contribution is -2.38. The Kier molecular flexibility index (Phi) is 5.26. The van der Waals surface area contributed by atoms with Gasteiger partial charge in [-0.1, -0.05) is 43.7 Å². The van der Waals surface area contributed by atoms with Crippen molar-refractivity contribution in [2.75, 3.05) is 18.8 Å². The van der Waals surface area contributed by atoms with Gasteiger partial charge in [-0.15, -0.1) is 10.2 Å². The fourth-order valence-corrected chi connectivity index (χ4v) is 5.60. The Bertz CT molecular complexity index is 1140. The smallest absolute Gasteiger partial charge is 0.263 e. The monoisotopic (exact) mass is 425 g/mol. The third-order valence-electron chi connectivity index (χ3n) is 6.58. The first-order valence-electron chi connectivity index (χ1n) is 10.9. The minimum absolute atomic E-state index is 0.00691. The number of carbonyl (C=O) groups excluding carboxylic acids is 1. The number of likely N-dealkylation sites (tertiary alicyclic amines) is 1. The number of hydrogen-bond acceptors (Lipinski definition) is 5. The van der Waals surface area contributed by atoms with Gasteiger partial charge in [-0.3, -0.25) is 18.6 Å². The third kappa shape index (κ3) is 3.41. The molecule has 1 aliphatic heterocycles. The van der Waals surface area contributed by atoms with E-state index in [1.807, 2.05) is 38.1 Å². The molecule has 1 aromatic carbocycles. The van der Waals surface area contributed by atoms with Crippen LogP contribution in [0.15, 0.2) is 34.2 Å². The van der Waals surface area contributed by atoms with E-state index in [1.54, 1.807) is 0 Å². The Labute approximate surface area is 179 Å². The van der Waals surface area contributed by atoms with Gasteiger partial charge in [0.15, 0.2) is 5.16 Å². The summed E-state index contributed by atoms with van der Waals surface area (Å²) in [7, 11) is 0. The molecule has 0 unspecified atom stereocenters. The van der Waals surface area contributed by atoms with E-state index in [9.17, 15) is 9.59 Å². The van der Waals surface area contributed by atoms with Crippen LogP contribution in [0.1, 0.15) is 51.5 Å². The predicted molar refractivity (Wildman–Crippen MR) is 118 cm³/mol.